The van der Waals surface area contributed by atoms with Crippen LogP contribution in [0.15, 0.2) is 66.7 Å². The lowest BCUT2D eigenvalue weighted by molar-refractivity contribution is -0.137. The van der Waals surface area contributed by atoms with E-state index in [2.05, 4.69) is 10.6 Å². The van der Waals surface area contributed by atoms with E-state index in [0.29, 0.717) is 47.9 Å². The van der Waals surface area contributed by atoms with Gasteiger partial charge >= 0.3 is 12.2 Å². The number of ether oxygens (including phenoxy) is 1. The number of likely N-dealkylation sites (N-methyl/N-ethyl adjacent to an activating group) is 1. The van der Waals surface area contributed by atoms with Gasteiger partial charge in [0.1, 0.15) is 17.7 Å². The molecule has 3 amide bonds. The van der Waals surface area contributed by atoms with Gasteiger partial charge in [0.2, 0.25) is 5.91 Å². The van der Waals surface area contributed by atoms with E-state index in [-0.39, 0.29) is 24.9 Å². The maximum atomic E-state index is 13.4. The van der Waals surface area contributed by atoms with Crippen LogP contribution in [0.4, 0.5) is 33.7 Å². The second-order valence-electron chi connectivity index (χ2n) is 11.2. The first-order valence-electron chi connectivity index (χ1n) is 14.2. The Morgan fingerprint density at radius 2 is 1.70 bits per heavy atom. The largest absolute Gasteiger partial charge is 0.488 e. The Morgan fingerprint density at radius 1 is 1.07 bits per heavy atom. The SMILES string of the molecule is C[C@H](CO)N1C[C@H](C)[C@@H](CN(C)Cc2ccc(C(F)(F)F)cc2)Oc2ccc(NC(=O)Nc3ccc(F)cc3)cc2CC1=O. The Morgan fingerprint density at radius 3 is 2.34 bits per heavy atom. The van der Waals surface area contributed by atoms with E-state index in [1.807, 2.05) is 18.9 Å². The number of anilines is 2. The lowest BCUT2D eigenvalue weighted by Gasteiger charge is -2.34. The molecule has 0 aliphatic carbocycles. The normalized spacial score (nSPS) is 18.0. The van der Waals surface area contributed by atoms with Crippen molar-refractivity contribution in [3.8, 4) is 5.75 Å². The number of urea groups is 1. The number of aliphatic hydroxyl groups is 1. The average molecular weight is 617 g/mol. The standard InChI is InChI=1S/C32H36F4N4O4/c1-20-16-40(21(2)19-41)30(42)15-23-14-27(38-31(43)37-26-10-8-25(33)9-11-26)12-13-28(23)44-29(20)18-39(3)17-22-4-6-24(7-5-22)32(34,35)36/h4-14,20-21,29,41H,15-19H2,1-3H3,(H2,37,38,43)/t20-,21+,29+/m0/s1. The van der Waals surface area contributed by atoms with Crippen molar-refractivity contribution in [2.75, 3.05) is 37.4 Å². The van der Waals surface area contributed by atoms with Crippen molar-refractivity contribution in [1.82, 2.24) is 9.80 Å². The van der Waals surface area contributed by atoms with Crippen molar-refractivity contribution in [3.05, 3.63) is 89.2 Å². The van der Waals surface area contributed by atoms with E-state index in [1.165, 1.54) is 36.4 Å². The van der Waals surface area contributed by atoms with Crippen LogP contribution in [0.5, 0.6) is 5.75 Å². The van der Waals surface area contributed by atoms with Gasteiger partial charge in [-0.15, -0.1) is 0 Å². The van der Waals surface area contributed by atoms with Crippen molar-refractivity contribution in [2.24, 2.45) is 5.92 Å². The van der Waals surface area contributed by atoms with Gasteiger partial charge in [0.15, 0.2) is 0 Å². The number of carbonyl (C=O) groups is 2. The van der Waals surface area contributed by atoms with Crippen molar-refractivity contribution in [3.63, 3.8) is 0 Å². The predicted molar refractivity (Wildman–Crippen MR) is 159 cm³/mol. The van der Waals surface area contributed by atoms with Crippen LogP contribution in [-0.4, -0.2) is 65.7 Å². The van der Waals surface area contributed by atoms with Gasteiger partial charge in [-0.25, -0.2) is 9.18 Å². The summed E-state index contributed by atoms with van der Waals surface area (Å²) >= 11 is 0. The van der Waals surface area contributed by atoms with Crippen molar-refractivity contribution in [2.45, 2.75) is 45.1 Å². The second kappa shape index (κ2) is 14.1. The highest BCUT2D eigenvalue weighted by Crippen LogP contribution is 2.31. The van der Waals surface area contributed by atoms with Crippen LogP contribution in [0.1, 0.15) is 30.5 Å². The molecule has 0 saturated carbocycles. The first kappa shape index (κ1) is 32.7. The Kier molecular flexibility index (Phi) is 10.5. The molecule has 12 heteroatoms. The maximum absolute atomic E-state index is 13.4. The monoisotopic (exact) mass is 616 g/mol. The number of rotatable bonds is 8. The number of halogens is 4. The molecule has 0 radical (unpaired) electrons. The molecule has 0 bridgehead atoms. The van der Waals surface area contributed by atoms with Crippen LogP contribution in [0, 0.1) is 11.7 Å². The minimum Gasteiger partial charge on any atom is -0.488 e. The van der Waals surface area contributed by atoms with E-state index in [0.717, 1.165) is 12.1 Å². The summed E-state index contributed by atoms with van der Waals surface area (Å²) in [5.74, 6) is -0.356. The molecule has 0 spiro atoms. The first-order valence-corrected chi connectivity index (χ1v) is 14.2. The summed E-state index contributed by atoms with van der Waals surface area (Å²) < 4.78 is 58.6. The number of fused-ring (bicyclic) bond motifs is 1. The number of hydrogen-bond acceptors (Lipinski definition) is 5. The molecule has 44 heavy (non-hydrogen) atoms. The third kappa shape index (κ3) is 8.70. The molecule has 0 saturated heterocycles. The van der Waals surface area contributed by atoms with Gasteiger partial charge in [-0.3, -0.25) is 9.69 Å². The number of aliphatic hydroxyl groups excluding tert-OH is 1. The van der Waals surface area contributed by atoms with Gasteiger partial charge in [-0.1, -0.05) is 19.1 Å². The van der Waals surface area contributed by atoms with E-state index >= 15 is 0 Å². The van der Waals surface area contributed by atoms with Crippen molar-refractivity contribution >= 4 is 23.3 Å². The molecular formula is C32H36F4N4O4. The summed E-state index contributed by atoms with van der Waals surface area (Å²) in [7, 11) is 1.84. The Hall–Kier alpha value is -4.16. The van der Waals surface area contributed by atoms with Crippen LogP contribution in [-0.2, 0) is 23.9 Å². The third-order valence-corrected chi connectivity index (χ3v) is 7.50. The average Bonchev–Trinajstić information content (AvgIpc) is 3.01. The van der Waals surface area contributed by atoms with Crippen LogP contribution in [0.3, 0.4) is 0 Å². The van der Waals surface area contributed by atoms with Gasteiger partial charge in [0.25, 0.3) is 0 Å². The number of carbonyl (C=O) groups excluding carboxylic acids is 2. The fraction of sp³-hybridized carbons (Fsp3) is 0.375. The topological polar surface area (TPSA) is 94.1 Å². The van der Waals surface area contributed by atoms with Crippen LogP contribution >= 0.6 is 0 Å². The highest BCUT2D eigenvalue weighted by Gasteiger charge is 2.32. The first-order chi connectivity index (χ1) is 20.8. The number of alkyl halides is 3. The van der Waals surface area contributed by atoms with Gasteiger partial charge in [0.05, 0.1) is 24.6 Å². The Balaban J connectivity index is 1.54. The molecule has 0 unspecified atom stereocenters. The summed E-state index contributed by atoms with van der Waals surface area (Å²) in [6.45, 7) is 4.57. The molecule has 4 rings (SSSR count). The van der Waals surface area contributed by atoms with Crippen molar-refractivity contribution < 1.29 is 37.0 Å². The number of hydrogen-bond donors (Lipinski definition) is 3. The highest BCUT2D eigenvalue weighted by molar-refractivity contribution is 5.99. The minimum absolute atomic E-state index is 0.0321. The third-order valence-electron chi connectivity index (χ3n) is 7.50. The summed E-state index contributed by atoms with van der Waals surface area (Å²) in [6.07, 6.45) is -4.86. The number of nitrogens with zero attached hydrogens (tertiary/aromatic N) is 2. The smallest absolute Gasteiger partial charge is 0.416 e. The van der Waals surface area contributed by atoms with E-state index < -0.39 is 35.7 Å². The maximum Gasteiger partial charge on any atom is 0.416 e. The molecule has 0 aromatic heterocycles. The molecule has 3 aromatic rings. The molecule has 1 heterocycles. The van der Waals surface area contributed by atoms with Crippen LogP contribution < -0.4 is 15.4 Å². The number of benzene rings is 3. The van der Waals surface area contributed by atoms with E-state index in [9.17, 15) is 32.3 Å². The lowest BCUT2D eigenvalue weighted by Crippen LogP contribution is -2.47. The predicted octanol–water partition coefficient (Wildman–Crippen LogP) is 5.77. The van der Waals surface area contributed by atoms with E-state index in [4.69, 9.17) is 4.74 Å². The fourth-order valence-electron chi connectivity index (χ4n) is 5.03. The van der Waals surface area contributed by atoms with Gasteiger partial charge in [-0.05, 0) is 74.1 Å². The van der Waals surface area contributed by atoms with Gasteiger partial charge in [0, 0.05) is 42.5 Å². The van der Waals surface area contributed by atoms with Crippen molar-refractivity contribution in [1.29, 1.82) is 0 Å². The number of nitrogens with one attached hydrogen (secondary N) is 2. The molecule has 3 atom stereocenters. The second-order valence-corrected chi connectivity index (χ2v) is 11.2. The lowest BCUT2D eigenvalue weighted by atomic mass is 10.0. The quantitative estimate of drug-likeness (QED) is 0.280. The highest BCUT2D eigenvalue weighted by atomic mass is 19.4. The van der Waals surface area contributed by atoms with Crippen LogP contribution in [0.2, 0.25) is 0 Å². The van der Waals surface area contributed by atoms with Crippen LogP contribution in [0.25, 0.3) is 0 Å². The zero-order valence-electron chi connectivity index (χ0n) is 24.7. The molecule has 8 nitrogen and oxygen atoms in total. The zero-order valence-corrected chi connectivity index (χ0v) is 24.7. The minimum atomic E-state index is -4.41. The van der Waals surface area contributed by atoms with Gasteiger partial charge < -0.3 is 25.4 Å². The summed E-state index contributed by atoms with van der Waals surface area (Å²) in [5, 5.41) is 15.2. The molecule has 1 aliphatic heterocycles. The summed E-state index contributed by atoms with van der Waals surface area (Å²) in [5.41, 5.74) is 1.34. The Bertz CT molecular complexity index is 1430. The molecule has 3 N–H and O–H groups in total. The fourth-order valence-corrected chi connectivity index (χ4v) is 5.03. The number of amides is 3. The molecule has 0 fully saturated rings. The molecule has 1 aliphatic rings. The molecule has 236 valence electrons. The Labute approximate surface area is 253 Å². The summed E-state index contributed by atoms with van der Waals surface area (Å²) in [6, 6.07) is 14.3. The zero-order chi connectivity index (χ0) is 32.0. The van der Waals surface area contributed by atoms with E-state index in [1.54, 1.807) is 30.0 Å². The molecule has 3 aromatic carbocycles. The summed E-state index contributed by atoms with van der Waals surface area (Å²) in [4.78, 5) is 29.6. The van der Waals surface area contributed by atoms with Gasteiger partial charge in [-0.2, -0.15) is 13.2 Å². The molecular weight excluding hydrogens is 580 g/mol.